The summed E-state index contributed by atoms with van der Waals surface area (Å²) in [6.45, 7) is 3.52. The first-order chi connectivity index (χ1) is 15.0. The quantitative estimate of drug-likeness (QED) is 0.632. The molecular weight excluding hydrogens is 396 g/mol. The van der Waals surface area contributed by atoms with E-state index in [1.165, 1.54) is 22.3 Å². The number of piperidine rings is 1. The van der Waals surface area contributed by atoms with Gasteiger partial charge in [0.05, 0.1) is 12.2 Å². The zero-order valence-corrected chi connectivity index (χ0v) is 17.9. The number of nitrogens with one attached hydrogen (secondary N) is 1. The van der Waals surface area contributed by atoms with Crippen molar-refractivity contribution < 1.29 is 14.3 Å². The van der Waals surface area contributed by atoms with E-state index in [0.717, 1.165) is 38.9 Å². The summed E-state index contributed by atoms with van der Waals surface area (Å²) in [5, 5.41) is 2.87. The van der Waals surface area contributed by atoms with Gasteiger partial charge in [-0.1, -0.05) is 12.1 Å². The zero-order valence-electron chi connectivity index (χ0n) is 17.9. The molecule has 166 valence electrons. The number of likely N-dealkylation sites (tertiary alicyclic amines) is 1. The van der Waals surface area contributed by atoms with Crippen LogP contribution in [-0.4, -0.2) is 54.6 Å². The minimum atomic E-state index is -0.267. The summed E-state index contributed by atoms with van der Waals surface area (Å²) >= 11 is 0. The number of hydrogen-bond donors (Lipinski definition) is 2. The summed E-state index contributed by atoms with van der Waals surface area (Å²) < 4.78 is 6.46. The molecule has 0 radical (unpaired) electrons. The van der Waals surface area contributed by atoms with E-state index in [-0.39, 0.29) is 23.3 Å². The SMILES string of the molecule is COCCn1cc(C(=O)Nc2ccc(CCN3CCC(C(N)=O)CC3)cc2)ccc1=O. The number of rotatable bonds is 9. The molecule has 2 amide bonds. The molecule has 0 unspecified atom stereocenters. The van der Waals surface area contributed by atoms with Crippen LogP contribution in [0.25, 0.3) is 0 Å². The average molecular weight is 427 g/mol. The van der Waals surface area contributed by atoms with E-state index in [9.17, 15) is 14.4 Å². The van der Waals surface area contributed by atoms with Crippen LogP contribution in [0.2, 0.25) is 0 Å². The number of primary amides is 1. The Bertz CT molecular complexity index is 947. The summed E-state index contributed by atoms with van der Waals surface area (Å²) in [5.41, 5.74) is 7.52. The van der Waals surface area contributed by atoms with Gasteiger partial charge in [0.25, 0.3) is 11.5 Å². The average Bonchev–Trinajstić information content (AvgIpc) is 2.78. The second-order valence-corrected chi connectivity index (χ2v) is 7.86. The van der Waals surface area contributed by atoms with Crippen molar-refractivity contribution in [3.05, 3.63) is 64.1 Å². The fourth-order valence-electron chi connectivity index (χ4n) is 3.72. The molecule has 0 atom stereocenters. The monoisotopic (exact) mass is 426 g/mol. The lowest BCUT2D eigenvalue weighted by molar-refractivity contribution is -0.123. The minimum Gasteiger partial charge on any atom is -0.383 e. The number of nitrogens with zero attached hydrogens (tertiary/aromatic N) is 2. The third-order valence-corrected chi connectivity index (χ3v) is 5.70. The molecule has 8 heteroatoms. The normalized spacial score (nSPS) is 15.0. The number of amides is 2. The van der Waals surface area contributed by atoms with Crippen LogP contribution in [0.4, 0.5) is 5.69 Å². The Kier molecular flexibility index (Phi) is 7.97. The molecule has 2 heterocycles. The maximum atomic E-state index is 12.5. The largest absolute Gasteiger partial charge is 0.383 e. The molecule has 1 aliphatic heterocycles. The summed E-state index contributed by atoms with van der Waals surface area (Å²) in [7, 11) is 1.57. The van der Waals surface area contributed by atoms with E-state index in [2.05, 4.69) is 10.2 Å². The lowest BCUT2D eigenvalue weighted by Gasteiger charge is -2.30. The summed E-state index contributed by atoms with van der Waals surface area (Å²) in [6, 6.07) is 10.7. The van der Waals surface area contributed by atoms with Crippen molar-refractivity contribution in [2.75, 3.05) is 38.7 Å². The molecule has 0 spiro atoms. The van der Waals surface area contributed by atoms with Gasteiger partial charge in [0.1, 0.15) is 0 Å². The smallest absolute Gasteiger partial charge is 0.257 e. The second kappa shape index (κ2) is 10.9. The minimum absolute atomic E-state index is 0.0125. The van der Waals surface area contributed by atoms with Crippen LogP contribution in [0.3, 0.4) is 0 Å². The highest BCUT2D eigenvalue weighted by Gasteiger charge is 2.22. The molecule has 1 aromatic carbocycles. The van der Waals surface area contributed by atoms with Crippen molar-refractivity contribution >= 4 is 17.5 Å². The van der Waals surface area contributed by atoms with Crippen LogP contribution in [0.1, 0.15) is 28.8 Å². The number of carbonyl (C=O) groups excluding carboxylic acids is 2. The standard InChI is InChI=1S/C23H30N4O4/c1-31-15-14-27-16-19(4-7-21(27)28)23(30)25-20-5-2-17(3-6-20)8-11-26-12-9-18(10-13-26)22(24)29/h2-7,16,18H,8-15H2,1H3,(H2,24,29)(H,25,30). The molecule has 31 heavy (non-hydrogen) atoms. The molecule has 0 bridgehead atoms. The third-order valence-electron chi connectivity index (χ3n) is 5.70. The molecule has 8 nitrogen and oxygen atoms in total. The number of pyridine rings is 1. The first kappa shape index (κ1) is 22.7. The first-order valence-electron chi connectivity index (χ1n) is 10.6. The molecule has 1 saturated heterocycles. The Morgan fingerprint density at radius 2 is 1.81 bits per heavy atom. The van der Waals surface area contributed by atoms with Gasteiger partial charge in [-0.2, -0.15) is 0 Å². The Balaban J connectivity index is 1.51. The van der Waals surface area contributed by atoms with Gasteiger partial charge in [0.2, 0.25) is 5.91 Å². The topological polar surface area (TPSA) is 107 Å². The highest BCUT2D eigenvalue weighted by Crippen LogP contribution is 2.17. The summed E-state index contributed by atoms with van der Waals surface area (Å²) in [6.07, 6.45) is 4.12. The first-order valence-corrected chi connectivity index (χ1v) is 10.6. The Hall–Kier alpha value is -2.97. The summed E-state index contributed by atoms with van der Waals surface area (Å²) in [4.78, 5) is 38.0. The lowest BCUT2D eigenvalue weighted by Crippen LogP contribution is -2.39. The third kappa shape index (κ3) is 6.50. The van der Waals surface area contributed by atoms with Crippen molar-refractivity contribution in [2.45, 2.75) is 25.8 Å². The fraction of sp³-hybridized carbons (Fsp3) is 0.435. The number of hydrogen-bond acceptors (Lipinski definition) is 5. The van der Waals surface area contributed by atoms with E-state index in [4.69, 9.17) is 10.5 Å². The predicted molar refractivity (Wildman–Crippen MR) is 119 cm³/mol. The van der Waals surface area contributed by atoms with Crippen LogP contribution in [0.15, 0.2) is 47.4 Å². The fourth-order valence-corrected chi connectivity index (χ4v) is 3.72. The van der Waals surface area contributed by atoms with Gasteiger partial charge >= 0.3 is 0 Å². The number of ether oxygens (including phenoxy) is 1. The van der Waals surface area contributed by atoms with E-state index in [1.807, 2.05) is 24.3 Å². The Labute approximate surface area is 182 Å². The van der Waals surface area contributed by atoms with Crippen LogP contribution in [0.5, 0.6) is 0 Å². The highest BCUT2D eigenvalue weighted by molar-refractivity contribution is 6.04. The number of anilines is 1. The van der Waals surface area contributed by atoms with Crippen LogP contribution in [0, 0.1) is 5.92 Å². The van der Waals surface area contributed by atoms with Crippen molar-refractivity contribution in [3.63, 3.8) is 0 Å². The van der Waals surface area contributed by atoms with Crippen LogP contribution < -0.4 is 16.6 Å². The van der Waals surface area contributed by atoms with Gasteiger partial charge in [-0.15, -0.1) is 0 Å². The van der Waals surface area contributed by atoms with Crippen LogP contribution in [-0.2, 0) is 22.5 Å². The number of benzene rings is 1. The van der Waals surface area contributed by atoms with Gasteiger partial charge < -0.3 is 25.3 Å². The van der Waals surface area contributed by atoms with E-state index in [0.29, 0.717) is 24.4 Å². The number of carbonyl (C=O) groups is 2. The molecule has 1 fully saturated rings. The van der Waals surface area contributed by atoms with Crippen molar-refractivity contribution in [2.24, 2.45) is 11.7 Å². The van der Waals surface area contributed by atoms with E-state index < -0.39 is 0 Å². The van der Waals surface area contributed by atoms with Gasteiger partial charge in [0.15, 0.2) is 0 Å². The summed E-state index contributed by atoms with van der Waals surface area (Å²) in [5.74, 6) is -0.444. The maximum Gasteiger partial charge on any atom is 0.257 e. The van der Waals surface area contributed by atoms with Gasteiger partial charge in [0, 0.05) is 44.1 Å². The molecular formula is C23H30N4O4. The number of aromatic nitrogens is 1. The van der Waals surface area contributed by atoms with Crippen molar-refractivity contribution in [3.8, 4) is 0 Å². The molecule has 2 aromatic rings. The lowest BCUT2D eigenvalue weighted by atomic mass is 9.96. The van der Waals surface area contributed by atoms with Gasteiger partial charge in [-0.3, -0.25) is 14.4 Å². The van der Waals surface area contributed by atoms with Crippen molar-refractivity contribution in [1.29, 1.82) is 0 Å². The molecule has 0 aliphatic carbocycles. The van der Waals surface area contributed by atoms with Crippen LogP contribution >= 0.6 is 0 Å². The highest BCUT2D eigenvalue weighted by atomic mass is 16.5. The second-order valence-electron chi connectivity index (χ2n) is 7.86. The molecule has 1 aliphatic rings. The van der Waals surface area contributed by atoms with Crippen molar-refractivity contribution in [1.82, 2.24) is 9.47 Å². The molecule has 1 aromatic heterocycles. The van der Waals surface area contributed by atoms with Gasteiger partial charge in [-0.25, -0.2) is 0 Å². The Morgan fingerprint density at radius 1 is 1.10 bits per heavy atom. The van der Waals surface area contributed by atoms with Gasteiger partial charge in [-0.05, 0) is 56.1 Å². The molecule has 0 saturated carbocycles. The number of methoxy groups -OCH3 is 1. The van der Waals surface area contributed by atoms with E-state index >= 15 is 0 Å². The Morgan fingerprint density at radius 3 is 2.45 bits per heavy atom. The predicted octanol–water partition coefficient (Wildman–Crippen LogP) is 1.49. The molecule has 3 rings (SSSR count). The molecule has 3 N–H and O–H groups in total. The number of nitrogens with two attached hydrogens (primary N) is 1. The zero-order chi connectivity index (χ0) is 22.2. The van der Waals surface area contributed by atoms with E-state index in [1.54, 1.807) is 13.3 Å². The maximum absolute atomic E-state index is 12.5.